The van der Waals surface area contributed by atoms with Crippen LogP contribution >= 0.6 is 31.9 Å². The molecule has 20 heavy (non-hydrogen) atoms. The Morgan fingerprint density at radius 3 is 2.45 bits per heavy atom. The van der Waals surface area contributed by atoms with E-state index in [-0.39, 0.29) is 12.2 Å². The first kappa shape index (κ1) is 15.5. The molecule has 0 bridgehead atoms. The van der Waals surface area contributed by atoms with Crippen LogP contribution in [0.4, 0.5) is 4.39 Å². The van der Waals surface area contributed by atoms with Gasteiger partial charge in [-0.3, -0.25) is 0 Å². The predicted molar refractivity (Wildman–Crippen MR) is 83.5 cm³/mol. The molecule has 1 atom stereocenters. The van der Waals surface area contributed by atoms with E-state index >= 15 is 0 Å². The molecule has 2 aromatic rings. The maximum Gasteiger partial charge on any atom is 0.127 e. The standard InChI is InChI=1S/C15H13Br2FO2/c1-20-15-5-4-10(16)7-12(15)14(19)6-9-2-3-11(17)8-13(9)18/h2-5,7-8,14,19H,6H2,1H3. The third kappa shape index (κ3) is 3.59. The van der Waals surface area contributed by atoms with Crippen LogP contribution in [0.15, 0.2) is 45.3 Å². The number of benzene rings is 2. The first-order valence-electron chi connectivity index (χ1n) is 5.96. The Morgan fingerprint density at radius 2 is 1.80 bits per heavy atom. The van der Waals surface area contributed by atoms with Crippen molar-refractivity contribution >= 4 is 31.9 Å². The lowest BCUT2D eigenvalue weighted by Crippen LogP contribution is -2.05. The molecule has 0 aliphatic rings. The van der Waals surface area contributed by atoms with Gasteiger partial charge >= 0.3 is 0 Å². The highest BCUT2D eigenvalue weighted by Crippen LogP contribution is 2.31. The summed E-state index contributed by atoms with van der Waals surface area (Å²) in [5.74, 6) is 0.241. The monoisotopic (exact) mass is 402 g/mol. The first-order chi connectivity index (χ1) is 9.51. The molecule has 0 spiro atoms. The number of aliphatic hydroxyl groups excluding tert-OH is 1. The zero-order valence-corrected chi connectivity index (χ0v) is 13.9. The minimum absolute atomic E-state index is 0.186. The summed E-state index contributed by atoms with van der Waals surface area (Å²) in [6.07, 6.45) is -0.649. The molecule has 0 saturated carbocycles. The maximum absolute atomic E-state index is 13.8. The average Bonchev–Trinajstić information content (AvgIpc) is 2.41. The van der Waals surface area contributed by atoms with Gasteiger partial charge in [-0.15, -0.1) is 0 Å². The molecule has 0 aliphatic carbocycles. The Balaban J connectivity index is 2.27. The van der Waals surface area contributed by atoms with E-state index < -0.39 is 6.10 Å². The van der Waals surface area contributed by atoms with Crippen molar-refractivity contribution in [3.63, 3.8) is 0 Å². The quantitative estimate of drug-likeness (QED) is 0.805. The molecule has 0 saturated heterocycles. The van der Waals surface area contributed by atoms with Crippen LogP contribution in [0.2, 0.25) is 0 Å². The third-order valence-electron chi connectivity index (χ3n) is 2.98. The van der Waals surface area contributed by atoms with E-state index in [1.165, 1.54) is 6.07 Å². The van der Waals surface area contributed by atoms with Crippen molar-refractivity contribution < 1.29 is 14.2 Å². The molecular formula is C15H13Br2FO2. The third-order valence-corrected chi connectivity index (χ3v) is 3.97. The highest BCUT2D eigenvalue weighted by Gasteiger charge is 2.16. The van der Waals surface area contributed by atoms with Gasteiger partial charge in [-0.05, 0) is 35.9 Å². The van der Waals surface area contributed by atoms with Gasteiger partial charge in [0.05, 0.1) is 13.2 Å². The molecule has 0 amide bonds. The summed E-state index contributed by atoms with van der Waals surface area (Å²) in [6.45, 7) is 0. The Bertz CT molecular complexity index is 617. The van der Waals surface area contributed by atoms with Crippen LogP contribution in [0, 0.1) is 5.82 Å². The summed E-state index contributed by atoms with van der Waals surface area (Å²) in [5.41, 5.74) is 1.09. The van der Waals surface area contributed by atoms with Crippen LogP contribution in [-0.4, -0.2) is 12.2 Å². The minimum Gasteiger partial charge on any atom is -0.496 e. The topological polar surface area (TPSA) is 29.5 Å². The van der Waals surface area contributed by atoms with Crippen molar-refractivity contribution in [2.45, 2.75) is 12.5 Å². The maximum atomic E-state index is 13.8. The number of methoxy groups -OCH3 is 1. The highest BCUT2D eigenvalue weighted by molar-refractivity contribution is 9.10. The van der Waals surface area contributed by atoms with E-state index in [1.807, 2.05) is 6.07 Å². The number of rotatable bonds is 4. The van der Waals surface area contributed by atoms with Gasteiger partial charge in [-0.25, -0.2) is 4.39 Å². The fourth-order valence-electron chi connectivity index (χ4n) is 1.97. The van der Waals surface area contributed by atoms with Gasteiger partial charge in [0.15, 0.2) is 0 Å². The van der Waals surface area contributed by atoms with Gasteiger partial charge in [0.1, 0.15) is 11.6 Å². The number of aliphatic hydroxyl groups is 1. The molecule has 0 radical (unpaired) electrons. The largest absolute Gasteiger partial charge is 0.496 e. The lowest BCUT2D eigenvalue weighted by molar-refractivity contribution is 0.172. The number of hydrogen-bond donors (Lipinski definition) is 1. The van der Waals surface area contributed by atoms with Crippen molar-refractivity contribution in [2.75, 3.05) is 7.11 Å². The second-order valence-corrected chi connectivity index (χ2v) is 6.17. The zero-order chi connectivity index (χ0) is 14.7. The Labute approximate surface area is 133 Å². The molecule has 0 aliphatic heterocycles. The van der Waals surface area contributed by atoms with Crippen molar-refractivity contribution in [1.82, 2.24) is 0 Å². The van der Waals surface area contributed by atoms with Crippen LogP contribution in [0.5, 0.6) is 5.75 Å². The number of halogens is 3. The van der Waals surface area contributed by atoms with Crippen molar-refractivity contribution in [1.29, 1.82) is 0 Å². The summed E-state index contributed by atoms with van der Waals surface area (Å²) in [5, 5.41) is 10.3. The van der Waals surface area contributed by atoms with E-state index in [0.29, 0.717) is 21.3 Å². The predicted octanol–water partition coefficient (Wildman–Crippen LogP) is 4.64. The minimum atomic E-state index is -0.835. The van der Waals surface area contributed by atoms with Gasteiger partial charge in [0.2, 0.25) is 0 Å². The van der Waals surface area contributed by atoms with Crippen molar-refractivity contribution in [2.24, 2.45) is 0 Å². The van der Waals surface area contributed by atoms with Crippen LogP contribution in [0.3, 0.4) is 0 Å². The Hall–Kier alpha value is -0.910. The van der Waals surface area contributed by atoms with E-state index in [1.54, 1.807) is 31.4 Å². The smallest absolute Gasteiger partial charge is 0.127 e. The van der Waals surface area contributed by atoms with Crippen LogP contribution in [0.25, 0.3) is 0 Å². The molecule has 5 heteroatoms. The van der Waals surface area contributed by atoms with Gasteiger partial charge in [-0.2, -0.15) is 0 Å². The van der Waals surface area contributed by atoms with Crippen molar-refractivity contribution in [3.05, 3.63) is 62.3 Å². The van der Waals surface area contributed by atoms with Gasteiger partial charge in [0.25, 0.3) is 0 Å². The summed E-state index contributed by atoms with van der Waals surface area (Å²) in [4.78, 5) is 0. The summed E-state index contributed by atoms with van der Waals surface area (Å²) in [6, 6.07) is 10.2. The fraction of sp³-hybridized carbons (Fsp3) is 0.200. The Kier molecular flexibility index (Phi) is 5.18. The van der Waals surface area contributed by atoms with E-state index in [4.69, 9.17) is 4.74 Å². The number of hydrogen-bond acceptors (Lipinski definition) is 2. The average molecular weight is 404 g/mol. The summed E-state index contributed by atoms with van der Waals surface area (Å²) < 4.78 is 20.5. The highest BCUT2D eigenvalue weighted by atomic mass is 79.9. The summed E-state index contributed by atoms with van der Waals surface area (Å²) in [7, 11) is 1.54. The molecule has 2 nitrogen and oxygen atoms in total. The zero-order valence-electron chi connectivity index (χ0n) is 10.7. The van der Waals surface area contributed by atoms with Crippen LogP contribution < -0.4 is 4.74 Å². The molecule has 0 heterocycles. The molecule has 1 N–H and O–H groups in total. The molecule has 2 aromatic carbocycles. The molecule has 0 aromatic heterocycles. The normalized spacial score (nSPS) is 12.2. The van der Waals surface area contributed by atoms with E-state index in [0.717, 1.165) is 4.47 Å². The Morgan fingerprint density at radius 1 is 1.15 bits per heavy atom. The molecule has 106 valence electrons. The fourth-order valence-corrected chi connectivity index (χ4v) is 2.68. The van der Waals surface area contributed by atoms with Gasteiger partial charge in [-0.1, -0.05) is 37.9 Å². The van der Waals surface area contributed by atoms with Crippen LogP contribution in [0.1, 0.15) is 17.2 Å². The van der Waals surface area contributed by atoms with E-state index in [9.17, 15) is 9.50 Å². The summed E-state index contributed by atoms with van der Waals surface area (Å²) >= 11 is 6.57. The lowest BCUT2D eigenvalue weighted by Gasteiger charge is -2.16. The van der Waals surface area contributed by atoms with E-state index in [2.05, 4.69) is 31.9 Å². The SMILES string of the molecule is COc1ccc(Br)cc1C(O)Cc1ccc(Br)cc1F. The second-order valence-electron chi connectivity index (χ2n) is 4.34. The lowest BCUT2D eigenvalue weighted by atomic mass is 10.0. The molecule has 2 rings (SSSR count). The molecule has 1 unspecified atom stereocenters. The van der Waals surface area contributed by atoms with Gasteiger partial charge < -0.3 is 9.84 Å². The number of ether oxygens (including phenoxy) is 1. The van der Waals surface area contributed by atoms with Crippen LogP contribution in [-0.2, 0) is 6.42 Å². The second kappa shape index (κ2) is 6.70. The van der Waals surface area contributed by atoms with Crippen molar-refractivity contribution in [3.8, 4) is 5.75 Å². The van der Waals surface area contributed by atoms with Gasteiger partial charge in [0, 0.05) is 20.9 Å². The first-order valence-corrected chi connectivity index (χ1v) is 7.55. The molecule has 0 fully saturated rings. The molecular weight excluding hydrogens is 391 g/mol.